The van der Waals surface area contributed by atoms with Gasteiger partial charge in [0.2, 0.25) is 11.8 Å². The smallest absolute Gasteiger partial charge is 0.293 e. The highest BCUT2D eigenvalue weighted by molar-refractivity contribution is 5.93. The predicted molar refractivity (Wildman–Crippen MR) is 110 cm³/mol. The number of aromatic nitrogens is 3. The van der Waals surface area contributed by atoms with Gasteiger partial charge in [-0.3, -0.25) is 14.6 Å². The van der Waals surface area contributed by atoms with Gasteiger partial charge in [-0.05, 0) is 24.3 Å². The number of hydrogen-bond acceptors (Lipinski definition) is 8. The molecule has 0 saturated heterocycles. The third-order valence-electron chi connectivity index (χ3n) is 4.20. The summed E-state index contributed by atoms with van der Waals surface area (Å²) in [5.41, 5.74) is 6.98. The van der Waals surface area contributed by atoms with Crippen molar-refractivity contribution >= 4 is 23.2 Å². The molecular formula is C20H22FN7O3. The Morgan fingerprint density at radius 1 is 1.13 bits per heavy atom. The van der Waals surface area contributed by atoms with Crippen molar-refractivity contribution in [3.63, 3.8) is 0 Å². The molecule has 3 rings (SSSR count). The number of carbonyl (C=O) groups excluding carboxylic acids is 2. The Kier molecular flexibility index (Phi) is 7.60. The number of nitrogen functional groups attached to an aromatic ring is 1. The summed E-state index contributed by atoms with van der Waals surface area (Å²) in [4.78, 5) is 31.9. The van der Waals surface area contributed by atoms with Gasteiger partial charge in [0.1, 0.15) is 5.82 Å². The maximum Gasteiger partial charge on any atom is 0.293 e. The van der Waals surface area contributed by atoms with Crippen LogP contribution in [0.1, 0.15) is 28.6 Å². The van der Waals surface area contributed by atoms with E-state index in [1.807, 2.05) is 0 Å². The molecule has 0 bridgehead atoms. The number of hydrogen-bond donors (Lipinski definition) is 4. The van der Waals surface area contributed by atoms with Crippen LogP contribution in [0, 0.1) is 5.82 Å². The minimum absolute atomic E-state index is 0.0897. The Labute approximate surface area is 177 Å². The Morgan fingerprint density at radius 3 is 2.77 bits per heavy atom. The average Bonchev–Trinajstić information content (AvgIpc) is 3.23. The minimum Gasteiger partial charge on any atom is -0.397 e. The van der Waals surface area contributed by atoms with E-state index in [1.165, 1.54) is 18.3 Å². The van der Waals surface area contributed by atoms with Crippen LogP contribution in [0.4, 0.5) is 15.8 Å². The van der Waals surface area contributed by atoms with Crippen molar-refractivity contribution in [2.75, 3.05) is 24.1 Å². The van der Waals surface area contributed by atoms with Gasteiger partial charge in [-0.2, -0.15) is 4.98 Å². The molecule has 2 heterocycles. The largest absolute Gasteiger partial charge is 0.397 e. The zero-order chi connectivity index (χ0) is 22.1. The Bertz CT molecular complexity index is 1040. The highest BCUT2D eigenvalue weighted by atomic mass is 19.1. The van der Waals surface area contributed by atoms with Gasteiger partial charge in [0.15, 0.2) is 0 Å². The molecule has 1 aromatic carbocycles. The second kappa shape index (κ2) is 10.8. The molecule has 5 N–H and O–H groups in total. The normalized spacial score (nSPS) is 10.6. The molecule has 0 spiro atoms. The fourth-order valence-electron chi connectivity index (χ4n) is 2.59. The van der Waals surface area contributed by atoms with E-state index in [4.69, 9.17) is 10.3 Å². The van der Waals surface area contributed by atoms with Crippen molar-refractivity contribution in [1.82, 2.24) is 25.8 Å². The topological polar surface area (TPSA) is 148 Å². The van der Waals surface area contributed by atoms with Gasteiger partial charge < -0.3 is 26.2 Å². The summed E-state index contributed by atoms with van der Waals surface area (Å²) in [7, 11) is 0. The van der Waals surface area contributed by atoms with Gasteiger partial charge in [0.25, 0.3) is 11.7 Å². The standard InChI is InChI=1S/C20H22FN7O3/c21-13-4-3-9-24-16(13)12-25-20(30)19-27-18(31-28-19)8-11-23-10-7-17(29)26-15-6-2-1-5-14(15)22/h1-6,9,23H,7-8,10-12,22H2,(H,25,30)(H,26,29). The molecule has 0 fully saturated rings. The molecule has 162 valence electrons. The zero-order valence-corrected chi connectivity index (χ0v) is 16.6. The van der Waals surface area contributed by atoms with Crippen LogP contribution in [0.15, 0.2) is 47.1 Å². The van der Waals surface area contributed by atoms with Gasteiger partial charge in [-0.1, -0.05) is 17.3 Å². The Morgan fingerprint density at radius 2 is 1.97 bits per heavy atom. The number of nitrogens with two attached hydrogens (primary N) is 1. The maximum atomic E-state index is 13.5. The van der Waals surface area contributed by atoms with E-state index in [2.05, 4.69) is 31.1 Å². The number of amides is 2. The Balaban J connectivity index is 1.34. The third kappa shape index (κ3) is 6.57. The van der Waals surface area contributed by atoms with Gasteiger partial charge in [-0.25, -0.2) is 4.39 Å². The van der Waals surface area contributed by atoms with E-state index >= 15 is 0 Å². The van der Waals surface area contributed by atoms with Gasteiger partial charge in [0, 0.05) is 32.1 Å². The first kappa shape index (κ1) is 21.8. The van der Waals surface area contributed by atoms with Crippen molar-refractivity contribution in [3.05, 3.63) is 65.8 Å². The lowest BCUT2D eigenvalue weighted by molar-refractivity contribution is -0.116. The molecule has 0 radical (unpaired) electrons. The summed E-state index contributed by atoms with van der Waals surface area (Å²) in [5.74, 6) is -1.14. The number of benzene rings is 1. The molecule has 0 aliphatic heterocycles. The van der Waals surface area contributed by atoms with E-state index in [9.17, 15) is 14.0 Å². The lowest BCUT2D eigenvalue weighted by Gasteiger charge is -2.08. The molecule has 2 aromatic heterocycles. The molecule has 2 amide bonds. The van der Waals surface area contributed by atoms with Crippen LogP contribution in [-0.4, -0.2) is 40.0 Å². The molecule has 0 atom stereocenters. The number of nitrogens with zero attached hydrogens (tertiary/aromatic N) is 3. The first-order chi connectivity index (χ1) is 15.0. The van der Waals surface area contributed by atoms with Crippen molar-refractivity contribution in [2.24, 2.45) is 0 Å². The number of halogens is 1. The molecular weight excluding hydrogens is 405 g/mol. The van der Waals surface area contributed by atoms with Crippen molar-refractivity contribution < 1.29 is 18.5 Å². The van der Waals surface area contributed by atoms with E-state index < -0.39 is 11.7 Å². The first-order valence-electron chi connectivity index (χ1n) is 9.58. The second-order valence-electron chi connectivity index (χ2n) is 6.51. The number of para-hydroxylation sites is 2. The fraction of sp³-hybridized carbons (Fsp3) is 0.250. The van der Waals surface area contributed by atoms with E-state index in [0.717, 1.165) is 0 Å². The van der Waals surface area contributed by atoms with Crippen LogP contribution in [0.2, 0.25) is 0 Å². The first-order valence-corrected chi connectivity index (χ1v) is 9.58. The summed E-state index contributed by atoms with van der Waals surface area (Å²) in [5, 5.41) is 11.9. The SMILES string of the molecule is Nc1ccccc1NC(=O)CCNCCc1nc(C(=O)NCc2ncccc2F)no1. The van der Waals surface area contributed by atoms with Gasteiger partial charge in [0.05, 0.1) is 23.6 Å². The Hall–Kier alpha value is -3.86. The second-order valence-corrected chi connectivity index (χ2v) is 6.51. The maximum absolute atomic E-state index is 13.5. The van der Waals surface area contributed by atoms with Crippen LogP contribution < -0.4 is 21.7 Å². The zero-order valence-electron chi connectivity index (χ0n) is 16.6. The third-order valence-corrected chi connectivity index (χ3v) is 4.20. The summed E-state index contributed by atoms with van der Waals surface area (Å²) in [6.07, 6.45) is 2.07. The number of rotatable bonds is 10. The quantitative estimate of drug-likeness (QED) is 0.279. The number of nitrogens with one attached hydrogen (secondary N) is 3. The molecule has 3 aromatic rings. The summed E-state index contributed by atoms with van der Waals surface area (Å²) in [6.45, 7) is 0.826. The van der Waals surface area contributed by atoms with Crippen molar-refractivity contribution in [2.45, 2.75) is 19.4 Å². The van der Waals surface area contributed by atoms with Crippen LogP contribution in [0.25, 0.3) is 0 Å². The van der Waals surface area contributed by atoms with E-state index in [-0.39, 0.29) is 36.3 Å². The lowest BCUT2D eigenvalue weighted by atomic mass is 10.2. The number of carbonyl (C=O) groups is 2. The monoisotopic (exact) mass is 427 g/mol. The highest BCUT2D eigenvalue weighted by Crippen LogP contribution is 2.16. The number of pyridine rings is 1. The molecule has 31 heavy (non-hydrogen) atoms. The molecule has 11 heteroatoms. The fourth-order valence-corrected chi connectivity index (χ4v) is 2.59. The molecule has 0 unspecified atom stereocenters. The molecule has 10 nitrogen and oxygen atoms in total. The van der Waals surface area contributed by atoms with Gasteiger partial charge in [-0.15, -0.1) is 0 Å². The van der Waals surface area contributed by atoms with E-state index in [1.54, 1.807) is 24.3 Å². The molecule has 0 aliphatic carbocycles. The van der Waals surface area contributed by atoms with Crippen LogP contribution in [-0.2, 0) is 17.8 Å². The predicted octanol–water partition coefficient (Wildman–Crippen LogP) is 1.28. The van der Waals surface area contributed by atoms with Crippen LogP contribution >= 0.6 is 0 Å². The highest BCUT2D eigenvalue weighted by Gasteiger charge is 2.15. The van der Waals surface area contributed by atoms with Crippen LogP contribution in [0.3, 0.4) is 0 Å². The minimum atomic E-state index is -0.593. The summed E-state index contributed by atoms with van der Waals surface area (Å²) >= 11 is 0. The molecule has 0 aliphatic rings. The van der Waals surface area contributed by atoms with E-state index in [0.29, 0.717) is 30.9 Å². The number of anilines is 2. The molecule has 0 saturated carbocycles. The van der Waals surface area contributed by atoms with Crippen molar-refractivity contribution in [3.8, 4) is 0 Å². The van der Waals surface area contributed by atoms with Crippen LogP contribution in [0.5, 0.6) is 0 Å². The average molecular weight is 427 g/mol. The lowest BCUT2D eigenvalue weighted by Crippen LogP contribution is -2.25. The summed E-state index contributed by atoms with van der Waals surface area (Å²) < 4.78 is 18.6. The van der Waals surface area contributed by atoms with Crippen molar-refractivity contribution in [1.29, 1.82) is 0 Å². The van der Waals surface area contributed by atoms with Gasteiger partial charge >= 0.3 is 0 Å². The summed E-state index contributed by atoms with van der Waals surface area (Å²) in [6, 6.07) is 9.75.